The monoisotopic (exact) mass is 297 g/mol. The summed E-state index contributed by atoms with van der Waals surface area (Å²) in [6.45, 7) is -0.0903. The molecule has 0 saturated carbocycles. The Morgan fingerprint density at radius 3 is 2.38 bits per heavy atom. The van der Waals surface area contributed by atoms with Gasteiger partial charge in [-0.1, -0.05) is 6.07 Å². The summed E-state index contributed by atoms with van der Waals surface area (Å²) in [5.74, 6) is -0.483. The van der Waals surface area contributed by atoms with Crippen LogP contribution in [0.2, 0.25) is 0 Å². The number of hydrogen-bond acceptors (Lipinski definition) is 5. The summed E-state index contributed by atoms with van der Waals surface area (Å²) in [7, 11) is 4.39. The quantitative estimate of drug-likeness (QED) is 0.724. The molecule has 0 fully saturated rings. The minimum absolute atomic E-state index is 0.0356. The lowest BCUT2D eigenvalue weighted by Gasteiger charge is -2.14. The van der Waals surface area contributed by atoms with Crippen LogP contribution in [-0.4, -0.2) is 51.0 Å². The molecule has 1 atom stereocenters. The molecule has 1 rings (SSSR count). The number of nitrogens with one attached hydrogen (secondary N) is 1. The molecule has 1 unspecified atom stereocenters. The Morgan fingerprint density at radius 2 is 1.86 bits per heavy atom. The first-order valence-corrected chi connectivity index (χ1v) is 6.23. The van der Waals surface area contributed by atoms with Crippen LogP contribution in [0.25, 0.3) is 0 Å². The summed E-state index contributed by atoms with van der Waals surface area (Å²) < 4.78 is 15.0. The summed E-state index contributed by atoms with van der Waals surface area (Å²) >= 11 is 0. The lowest BCUT2D eigenvalue weighted by molar-refractivity contribution is -0.143. The fourth-order valence-electron chi connectivity index (χ4n) is 1.76. The lowest BCUT2D eigenvalue weighted by atomic mass is 10.1. The van der Waals surface area contributed by atoms with Gasteiger partial charge in [-0.05, 0) is 17.7 Å². The van der Waals surface area contributed by atoms with Crippen molar-refractivity contribution in [3.05, 3.63) is 23.8 Å². The van der Waals surface area contributed by atoms with Gasteiger partial charge in [0.05, 0.1) is 27.2 Å². The van der Waals surface area contributed by atoms with Crippen molar-refractivity contribution in [2.24, 2.45) is 0 Å². The van der Waals surface area contributed by atoms with E-state index >= 15 is 0 Å². The average Bonchev–Trinajstić information content (AvgIpc) is 2.46. The highest BCUT2D eigenvalue weighted by Crippen LogP contribution is 2.27. The molecule has 1 aromatic rings. The number of rotatable bonds is 8. The first kappa shape index (κ1) is 16.8. The SMILES string of the molecule is COCC(NC(=O)Cc1ccc(OC)c(OC)c1)C(=O)O. The molecule has 0 aliphatic heterocycles. The summed E-state index contributed by atoms with van der Waals surface area (Å²) in [5, 5.41) is 11.3. The van der Waals surface area contributed by atoms with Crippen LogP contribution in [0, 0.1) is 0 Å². The number of aliphatic carboxylic acids is 1. The maximum atomic E-state index is 11.9. The second-order valence-electron chi connectivity index (χ2n) is 4.28. The number of carboxylic acid groups (broad SMARTS) is 1. The molecule has 0 bridgehead atoms. The Kier molecular flexibility index (Phi) is 6.48. The van der Waals surface area contributed by atoms with Gasteiger partial charge in [-0.15, -0.1) is 0 Å². The second-order valence-corrected chi connectivity index (χ2v) is 4.28. The van der Waals surface area contributed by atoms with Crippen LogP contribution in [0.5, 0.6) is 11.5 Å². The van der Waals surface area contributed by atoms with E-state index in [4.69, 9.17) is 19.3 Å². The molecule has 0 saturated heterocycles. The number of carboxylic acids is 1. The van der Waals surface area contributed by atoms with Gasteiger partial charge in [-0.3, -0.25) is 4.79 Å². The number of benzene rings is 1. The molecule has 1 aromatic carbocycles. The van der Waals surface area contributed by atoms with E-state index in [2.05, 4.69) is 5.32 Å². The minimum atomic E-state index is -1.14. The Hall–Kier alpha value is -2.28. The third kappa shape index (κ3) is 4.96. The molecular formula is C14H19NO6. The van der Waals surface area contributed by atoms with E-state index in [9.17, 15) is 9.59 Å². The highest BCUT2D eigenvalue weighted by Gasteiger charge is 2.19. The van der Waals surface area contributed by atoms with E-state index in [0.717, 1.165) is 0 Å². The molecular weight excluding hydrogens is 278 g/mol. The first-order valence-electron chi connectivity index (χ1n) is 6.23. The van der Waals surface area contributed by atoms with Crippen molar-refractivity contribution in [2.75, 3.05) is 27.9 Å². The Bertz CT molecular complexity index is 502. The maximum Gasteiger partial charge on any atom is 0.328 e. The van der Waals surface area contributed by atoms with Gasteiger partial charge in [-0.25, -0.2) is 4.79 Å². The normalized spacial score (nSPS) is 11.6. The van der Waals surface area contributed by atoms with E-state index in [0.29, 0.717) is 17.1 Å². The fourth-order valence-corrected chi connectivity index (χ4v) is 1.76. The molecule has 0 heterocycles. The van der Waals surface area contributed by atoms with E-state index in [1.807, 2.05) is 0 Å². The smallest absolute Gasteiger partial charge is 0.328 e. The molecule has 2 N–H and O–H groups in total. The van der Waals surface area contributed by atoms with E-state index in [1.54, 1.807) is 18.2 Å². The number of carbonyl (C=O) groups is 2. The highest BCUT2D eigenvalue weighted by atomic mass is 16.5. The van der Waals surface area contributed by atoms with E-state index < -0.39 is 17.9 Å². The molecule has 0 aliphatic carbocycles. The Labute approximate surface area is 122 Å². The Balaban J connectivity index is 2.72. The first-order chi connectivity index (χ1) is 10.0. The van der Waals surface area contributed by atoms with Crippen molar-refractivity contribution in [2.45, 2.75) is 12.5 Å². The maximum absolute atomic E-state index is 11.9. The van der Waals surface area contributed by atoms with Crippen molar-refractivity contribution >= 4 is 11.9 Å². The molecule has 0 radical (unpaired) electrons. The Morgan fingerprint density at radius 1 is 1.19 bits per heavy atom. The van der Waals surface area contributed by atoms with Gasteiger partial charge in [0.1, 0.15) is 0 Å². The van der Waals surface area contributed by atoms with Crippen molar-refractivity contribution in [3.8, 4) is 11.5 Å². The molecule has 0 aliphatic rings. The third-order valence-corrected chi connectivity index (χ3v) is 2.78. The van der Waals surface area contributed by atoms with Crippen LogP contribution in [0.15, 0.2) is 18.2 Å². The molecule has 0 aromatic heterocycles. The van der Waals surface area contributed by atoms with Gasteiger partial charge < -0.3 is 24.6 Å². The highest BCUT2D eigenvalue weighted by molar-refractivity contribution is 5.85. The number of amides is 1. The second kappa shape index (κ2) is 8.11. The molecule has 0 spiro atoms. The predicted molar refractivity (Wildman–Crippen MR) is 74.7 cm³/mol. The van der Waals surface area contributed by atoms with Gasteiger partial charge in [-0.2, -0.15) is 0 Å². The molecule has 1 amide bonds. The zero-order valence-corrected chi connectivity index (χ0v) is 12.2. The molecule has 7 heteroatoms. The fraction of sp³-hybridized carbons (Fsp3) is 0.429. The van der Waals surface area contributed by atoms with Crippen LogP contribution in [-0.2, 0) is 20.7 Å². The van der Waals surface area contributed by atoms with E-state index in [1.165, 1.54) is 21.3 Å². The van der Waals surface area contributed by atoms with Crippen LogP contribution in [0.3, 0.4) is 0 Å². The molecule has 7 nitrogen and oxygen atoms in total. The van der Waals surface area contributed by atoms with Crippen molar-refractivity contribution in [1.82, 2.24) is 5.32 Å². The van der Waals surface area contributed by atoms with Gasteiger partial charge >= 0.3 is 5.97 Å². The summed E-state index contributed by atoms with van der Waals surface area (Å²) in [4.78, 5) is 22.8. The third-order valence-electron chi connectivity index (χ3n) is 2.78. The van der Waals surface area contributed by atoms with Crippen molar-refractivity contribution < 1.29 is 28.9 Å². The standard InChI is InChI=1S/C14H19NO6/c1-19-8-10(14(17)18)15-13(16)7-9-4-5-11(20-2)12(6-9)21-3/h4-6,10H,7-8H2,1-3H3,(H,15,16)(H,17,18). The zero-order chi connectivity index (χ0) is 15.8. The zero-order valence-electron chi connectivity index (χ0n) is 12.2. The molecule has 21 heavy (non-hydrogen) atoms. The summed E-state index contributed by atoms with van der Waals surface area (Å²) in [6, 6.07) is 4.01. The number of methoxy groups -OCH3 is 3. The van der Waals surface area contributed by atoms with Crippen molar-refractivity contribution in [3.63, 3.8) is 0 Å². The van der Waals surface area contributed by atoms with E-state index in [-0.39, 0.29) is 13.0 Å². The van der Waals surface area contributed by atoms with Crippen LogP contribution in [0.4, 0.5) is 0 Å². The topological polar surface area (TPSA) is 94.1 Å². The van der Waals surface area contributed by atoms with Crippen LogP contribution >= 0.6 is 0 Å². The number of hydrogen-bond donors (Lipinski definition) is 2. The average molecular weight is 297 g/mol. The van der Waals surface area contributed by atoms with Crippen LogP contribution < -0.4 is 14.8 Å². The largest absolute Gasteiger partial charge is 0.493 e. The van der Waals surface area contributed by atoms with Crippen LogP contribution in [0.1, 0.15) is 5.56 Å². The number of ether oxygens (including phenoxy) is 3. The van der Waals surface area contributed by atoms with Gasteiger partial charge in [0.2, 0.25) is 5.91 Å². The van der Waals surface area contributed by atoms with Crippen molar-refractivity contribution in [1.29, 1.82) is 0 Å². The molecule has 116 valence electrons. The summed E-state index contributed by atoms with van der Waals surface area (Å²) in [6.07, 6.45) is 0.0356. The van der Waals surface area contributed by atoms with Gasteiger partial charge in [0, 0.05) is 7.11 Å². The lowest BCUT2D eigenvalue weighted by Crippen LogP contribution is -2.44. The van der Waals surface area contributed by atoms with Gasteiger partial charge in [0.25, 0.3) is 0 Å². The van der Waals surface area contributed by atoms with Gasteiger partial charge in [0.15, 0.2) is 17.5 Å². The summed E-state index contributed by atoms with van der Waals surface area (Å²) in [5.41, 5.74) is 0.687. The number of carbonyl (C=O) groups excluding carboxylic acids is 1. The predicted octanol–water partition coefficient (Wildman–Crippen LogP) is 0.462. The minimum Gasteiger partial charge on any atom is -0.493 e.